The summed E-state index contributed by atoms with van der Waals surface area (Å²) < 4.78 is 25.2. The van der Waals surface area contributed by atoms with E-state index in [0.717, 1.165) is 16.3 Å². The van der Waals surface area contributed by atoms with E-state index in [0.29, 0.717) is 0 Å². The maximum absolute atomic E-state index is 13.1. The van der Waals surface area contributed by atoms with Crippen LogP contribution in [0, 0.1) is 0 Å². The second kappa shape index (κ2) is 10.9. The van der Waals surface area contributed by atoms with Gasteiger partial charge in [-0.05, 0) is 28.5 Å². The van der Waals surface area contributed by atoms with E-state index < -0.39 is 40.1 Å². The third-order valence-corrected chi connectivity index (χ3v) is 7.78. The number of sulfone groups is 1. The summed E-state index contributed by atoms with van der Waals surface area (Å²) in [5.74, 6) is -1.77. The zero-order valence-corrected chi connectivity index (χ0v) is 20.5. The largest absolute Gasteiger partial charge is 0.353 e. The molecule has 0 unspecified atom stereocenters. The normalized spacial score (nSPS) is 15.6. The van der Waals surface area contributed by atoms with Gasteiger partial charge < -0.3 is 21.3 Å². The molecule has 0 radical (unpaired) electrons. The second-order valence-corrected chi connectivity index (χ2v) is 10.7. The average molecular weight is 509 g/mol. The van der Waals surface area contributed by atoms with Crippen LogP contribution in [0.4, 0.5) is 5.69 Å². The summed E-state index contributed by atoms with van der Waals surface area (Å²) in [6.07, 6.45) is -0.00626. The molecule has 0 spiro atoms. The van der Waals surface area contributed by atoms with E-state index in [1.807, 2.05) is 42.5 Å². The lowest BCUT2D eigenvalue weighted by atomic mass is 10.0. The molecule has 3 aromatic rings. The summed E-state index contributed by atoms with van der Waals surface area (Å²) in [7, 11) is -3.66. The van der Waals surface area contributed by atoms with Crippen LogP contribution >= 0.6 is 0 Å². The van der Waals surface area contributed by atoms with Gasteiger partial charge in [0, 0.05) is 25.9 Å². The number of hydrogen-bond donors (Lipinski definition) is 3. The topological polar surface area (TPSA) is 139 Å². The molecule has 4 N–H and O–H groups in total. The first-order valence-electron chi connectivity index (χ1n) is 11.7. The van der Waals surface area contributed by atoms with Crippen molar-refractivity contribution in [2.45, 2.75) is 23.8 Å². The Labute approximate surface area is 209 Å². The van der Waals surface area contributed by atoms with Crippen molar-refractivity contribution in [3.05, 3.63) is 72.3 Å². The van der Waals surface area contributed by atoms with Crippen molar-refractivity contribution in [3.8, 4) is 0 Å². The van der Waals surface area contributed by atoms with E-state index >= 15 is 0 Å². The average Bonchev–Trinajstić information content (AvgIpc) is 2.97. The minimum atomic E-state index is -3.66. The van der Waals surface area contributed by atoms with Gasteiger partial charge in [-0.15, -0.1) is 0 Å². The monoisotopic (exact) mass is 508 g/mol. The van der Waals surface area contributed by atoms with Gasteiger partial charge in [-0.25, -0.2) is 8.42 Å². The summed E-state index contributed by atoms with van der Waals surface area (Å²) in [6, 6.07) is 18.9. The molecular formula is C26H28N4O5S. The second-order valence-electron chi connectivity index (χ2n) is 8.60. The van der Waals surface area contributed by atoms with Gasteiger partial charge in [0.2, 0.25) is 17.7 Å². The molecular weight excluding hydrogens is 480 g/mol. The smallest absolute Gasteiger partial charge is 0.242 e. The van der Waals surface area contributed by atoms with Crippen molar-refractivity contribution in [3.63, 3.8) is 0 Å². The molecule has 1 heterocycles. The minimum Gasteiger partial charge on any atom is -0.353 e. The van der Waals surface area contributed by atoms with Gasteiger partial charge in [0.25, 0.3) is 0 Å². The summed E-state index contributed by atoms with van der Waals surface area (Å²) in [5, 5.41) is 7.50. The van der Waals surface area contributed by atoms with E-state index in [1.165, 1.54) is 17.0 Å². The van der Waals surface area contributed by atoms with Crippen LogP contribution in [0.15, 0.2) is 71.6 Å². The highest BCUT2D eigenvalue weighted by Gasteiger charge is 2.32. The van der Waals surface area contributed by atoms with Crippen molar-refractivity contribution in [1.29, 1.82) is 0 Å². The fourth-order valence-electron chi connectivity index (χ4n) is 4.23. The molecule has 3 aromatic carbocycles. The lowest BCUT2D eigenvalue weighted by Crippen LogP contribution is -2.51. The molecule has 0 fully saturated rings. The molecule has 0 saturated heterocycles. The van der Waals surface area contributed by atoms with Crippen LogP contribution in [0.25, 0.3) is 10.8 Å². The summed E-state index contributed by atoms with van der Waals surface area (Å²) in [6.45, 7) is 0.0818. The molecule has 0 bridgehead atoms. The fourth-order valence-corrected chi connectivity index (χ4v) is 5.68. The number of benzene rings is 3. The van der Waals surface area contributed by atoms with Gasteiger partial charge in [-0.1, -0.05) is 54.6 Å². The number of nitrogens with zero attached hydrogens (tertiary/aromatic N) is 1. The molecule has 36 heavy (non-hydrogen) atoms. The molecule has 0 aromatic heterocycles. The summed E-state index contributed by atoms with van der Waals surface area (Å²) in [5.41, 5.74) is 6.53. The summed E-state index contributed by atoms with van der Waals surface area (Å²) in [4.78, 5) is 39.9. The lowest BCUT2D eigenvalue weighted by Gasteiger charge is -2.24. The number of nitrogens with one attached hydrogen (secondary N) is 2. The van der Waals surface area contributed by atoms with E-state index in [1.54, 1.807) is 12.1 Å². The molecule has 10 heteroatoms. The highest BCUT2D eigenvalue weighted by molar-refractivity contribution is 7.91. The fraction of sp³-hybridized carbons (Fsp3) is 0.269. The first-order valence-corrected chi connectivity index (χ1v) is 13.3. The molecule has 9 nitrogen and oxygen atoms in total. The zero-order valence-electron chi connectivity index (χ0n) is 19.6. The van der Waals surface area contributed by atoms with Crippen molar-refractivity contribution < 1.29 is 22.8 Å². The predicted molar refractivity (Wildman–Crippen MR) is 137 cm³/mol. The molecule has 1 aliphatic rings. The quantitative estimate of drug-likeness (QED) is 0.417. The van der Waals surface area contributed by atoms with Crippen molar-refractivity contribution in [2.24, 2.45) is 5.73 Å². The third kappa shape index (κ3) is 5.72. The van der Waals surface area contributed by atoms with Gasteiger partial charge in [0.1, 0.15) is 12.6 Å². The maximum atomic E-state index is 13.1. The number of amides is 3. The van der Waals surface area contributed by atoms with E-state index in [-0.39, 0.29) is 42.3 Å². The van der Waals surface area contributed by atoms with Gasteiger partial charge in [-0.2, -0.15) is 0 Å². The number of nitrogens with two attached hydrogens (primary N) is 1. The Morgan fingerprint density at radius 1 is 1.00 bits per heavy atom. The Bertz CT molecular complexity index is 1410. The number of hydrogen-bond acceptors (Lipinski definition) is 6. The Kier molecular flexibility index (Phi) is 7.66. The number of carbonyl (C=O) groups excluding carboxylic acids is 3. The molecule has 1 aliphatic heterocycles. The maximum Gasteiger partial charge on any atom is 0.242 e. The van der Waals surface area contributed by atoms with E-state index in [4.69, 9.17) is 5.73 Å². The molecule has 188 valence electrons. The van der Waals surface area contributed by atoms with Crippen LogP contribution in [0.1, 0.15) is 12.0 Å². The predicted octanol–water partition coefficient (Wildman–Crippen LogP) is 1.15. The molecule has 0 aliphatic carbocycles. The standard InChI is InChI=1S/C26H28N4O5S/c27-12-13-28-26(33)21(16-18-9-10-19-5-1-2-6-20(19)15-18)29-24(31)17-30-22-7-3-4-8-23(22)36(34,35)14-11-25(30)32/h1-10,15,21H,11-14,16-17,27H2,(H,28,33)(H,29,31)/t21-/m1/s1. The van der Waals surface area contributed by atoms with E-state index in [9.17, 15) is 22.8 Å². The van der Waals surface area contributed by atoms with Crippen LogP contribution in [-0.2, 0) is 30.6 Å². The Hall–Kier alpha value is -3.76. The highest BCUT2D eigenvalue weighted by atomic mass is 32.2. The van der Waals surface area contributed by atoms with E-state index in [2.05, 4.69) is 10.6 Å². The molecule has 3 amide bonds. The van der Waals surface area contributed by atoms with Crippen LogP contribution in [0.3, 0.4) is 0 Å². The summed E-state index contributed by atoms with van der Waals surface area (Å²) >= 11 is 0. The highest BCUT2D eigenvalue weighted by Crippen LogP contribution is 2.30. The van der Waals surface area contributed by atoms with Gasteiger partial charge in [0.15, 0.2) is 9.84 Å². The van der Waals surface area contributed by atoms with Crippen LogP contribution in [0.5, 0.6) is 0 Å². The minimum absolute atomic E-state index is 0.0112. The van der Waals surface area contributed by atoms with Gasteiger partial charge in [-0.3, -0.25) is 14.4 Å². The first-order chi connectivity index (χ1) is 17.3. The van der Waals surface area contributed by atoms with Gasteiger partial charge in [0.05, 0.1) is 16.3 Å². The number of carbonyl (C=O) groups is 3. The molecule has 1 atom stereocenters. The Morgan fingerprint density at radius 3 is 2.50 bits per heavy atom. The van der Waals surface area contributed by atoms with Crippen molar-refractivity contribution in [1.82, 2.24) is 10.6 Å². The number of rotatable bonds is 8. The van der Waals surface area contributed by atoms with Crippen LogP contribution < -0.4 is 21.3 Å². The lowest BCUT2D eigenvalue weighted by molar-refractivity contribution is -0.128. The third-order valence-electron chi connectivity index (χ3n) is 6.03. The SMILES string of the molecule is NCCNC(=O)[C@@H](Cc1ccc2ccccc2c1)NC(=O)CN1C(=O)CCS(=O)(=O)c2ccccc21. The number of fused-ring (bicyclic) bond motifs is 2. The van der Waals surface area contributed by atoms with Crippen molar-refractivity contribution in [2.75, 3.05) is 30.3 Å². The molecule has 4 rings (SSSR count). The number of anilines is 1. The van der Waals surface area contributed by atoms with Gasteiger partial charge >= 0.3 is 0 Å². The number of para-hydroxylation sites is 1. The van der Waals surface area contributed by atoms with Crippen LogP contribution in [-0.4, -0.2) is 57.6 Å². The Morgan fingerprint density at radius 2 is 1.72 bits per heavy atom. The first kappa shape index (κ1) is 25.3. The molecule has 0 saturated carbocycles. The van der Waals surface area contributed by atoms with Crippen LogP contribution in [0.2, 0.25) is 0 Å². The van der Waals surface area contributed by atoms with Crippen molar-refractivity contribution >= 4 is 44.0 Å². The Balaban J connectivity index is 1.55. The zero-order chi connectivity index (χ0) is 25.7.